The molecule has 1 aliphatic heterocycles. The van der Waals surface area contributed by atoms with Crippen molar-refractivity contribution >= 4 is 0 Å². The third-order valence-electron chi connectivity index (χ3n) is 3.26. The lowest BCUT2D eigenvalue weighted by molar-refractivity contribution is -0.0394. The van der Waals surface area contributed by atoms with Gasteiger partial charge in [0.25, 0.3) is 0 Å². The van der Waals surface area contributed by atoms with E-state index in [4.69, 9.17) is 13.9 Å². The molecule has 0 amide bonds. The summed E-state index contributed by atoms with van der Waals surface area (Å²) in [5.74, 6) is 0.974. The van der Waals surface area contributed by atoms with Crippen LogP contribution in [0.25, 0.3) is 0 Å². The van der Waals surface area contributed by atoms with Gasteiger partial charge < -0.3 is 19.2 Å². The van der Waals surface area contributed by atoms with E-state index in [9.17, 15) is 0 Å². The Balaban J connectivity index is 1.81. The number of hydrogen-bond donors (Lipinski definition) is 1. The topological polar surface area (TPSA) is 43.6 Å². The molecule has 2 heterocycles. The minimum Gasteiger partial charge on any atom is -0.468 e. The highest BCUT2D eigenvalue weighted by Crippen LogP contribution is 2.17. The van der Waals surface area contributed by atoms with E-state index in [-0.39, 0.29) is 5.54 Å². The van der Waals surface area contributed by atoms with Crippen molar-refractivity contribution in [3.63, 3.8) is 0 Å². The first-order valence-electron chi connectivity index (χ1n) is 7.04. The van der Waals surface area contributed by atoms with Gasteiger partial charge in [0.05, 0.1) is 25.5 Å². The second kappa shape index (κ2) is 6.55. The zero-order chi connectivity index (χ0) is 13.7. The molecule has 1 saturated heterocycles. The first-order chi connectivity index (χ1) is 9.04. The van der Waals surface area contributed by atoms with Crippen LogP contribution in [0.15, 0.2) is 16.7 Å². The van der Waals surface area contributed by atoms with Crippen LogP contribution >= 0.6 is 0 Å². The molecule has 1 aromatic rings. The molecule has 4 heteroatoms. The molecule has 1 N–H and O–H groups in total. The number of hydrogen-bond acceptors (Lipinski definition) is 4. The standard InChI is InChI=1S/C15H25NO3/c1-15(2,3)16-10-14-12(4-9-18-14)11-19-13-5-7-17-8-6-13/h4,9,13,16H,5-8,10-11H2,1-3H3. The van der Waals surface area contributed by atoms with Crippen LogP contribution in [0.2, 0.25) is 0 Å². The Morgan fingerprint density at radius 2 is 2.05 bits per heavy atom. The van der Waals surface area contributed by atoms with Crippen molar-refractivity contribution in [2.75, 3.05) is 13.2 Å². The van der Waals surface area contributed by atoms with E-state index in [1.807, 2.05) is 6.07 Å². The Labute approximate surface area is 115 Å². The Hall–Kier alpha value is -0.840. The van der Waals surface area contributed by atoms with Crippen molar-refractivity contribution in [3.8, 4) is 0 Å². The van der Waals surface area contributed by atoms with Gasteiger partial charge in [-0.05, 0) is 39.7 Å². The minimum atomic E-state index is 0.0889. The maximum absolute atomic E-state index is 5.93. The van der Waals surface area contributed by atoms with E-state index >= 15 is 0 Å². The molecule has 1 aliphatic rings. The van der Waals surface area contributed by atoms with Gasteiger partial charge in [0, 0.05) is 24.3 Å². The van der Waals surface area contributed by atoms with Crippen molar-refractivity contribution in [2.45, 2.75) is 58.4 Å². The predicted octanol–water partition coefficient (Wildman–Crippen LogP) is 2.86. The lowest BCUT2D eigenvalue weighted by Crippen LogP contribution is -2.35. The van der Waals surface area contributed by atoms with Gasteiger partial charge in [0.1, 0.15) is 5.76 Å². The number of nitrogens with one attached hydrogen (secondary N) is 1. The van der Waals surface area contributed by atoms with Crippen LogP contribution in [0.1, 0.15) is 44.9 Å². The van der Waals surface area contributed by atoms with Gasteiger partial charge in [-0.2, -0.15) is 0 Å². The Kier molecular flexibility index (Phi) is 5.02. The number of furan rings is 1. The molecule has 0 aliphatic carbocycles. The zero-order valence-electron chi connectivity index (χ0n) is 12.2. The molecule has 0 saturated carbocycles. The molecule has 0 radical (unpaired) electrons. The highest BCUT2D eigenvalue weighted by Gasteiger charge is 2.16. The summed E-state index contributed by atoms with van der Waals surface area (Å²) in [5, 5.41) is 3.43. The van der Waals surface area contributed by atoms with Gasteiger partial charge in [-0.25, -0.2) is 0 Å². The van der Waals surface area contributed by atoms with Gasteiger partial charge in [0.2, 0.25) is 0 Å². The molecule has 0 bridgehead atoms. The normalized spacial score (nSPS) is 17.8. The average molecular weight is 267 g/mol. The summed E-state index contributed by atoms with van der Waals surface area (Å²) >= 11 is 0. The summed E-state index contributed by atoms with van der Waals surface area (Å²) in [7, 11) is 0. The van der Waals surface area contributed by atoms with E-state index in [2.05, 4.69) is 26.1 Å². The zero-order valence-corrected chi connectivity index (χ0v) is 12.2. The van der Waals surface area contributed by atoms with E-state index in [0.29, 0.717) is 12.7 Å². The second-order valence-electron chi connectivity index (χ2n) is 6.10. The van der Waals surface area contributed by atoms with Crippen molar-refractivity contribution < 1.29 is 13.9 Å². The SMILES string of the molecule is CC(C)(C)NCc1occc1COC1CCOCC1. The summed E-state index contributed by atoms with van der Waals surface area (Å²) in [4.78, 5) is 0. The summed E-state index contributed by atoms with van der Waals surface area (Å²) in [6, 6.07) is 2.00. The largest absolute Gasteiger partial charge is 0.468 e. The second-order valence-corrected chi connectivity index (χ2v) is 6.10. The summed E-state index contributed by atoms with van der Waals surface area (Å²) in [6.45, 7) is 9.44. The maximum Gasteiger partial charge on any atom is 0.123 e. The first kappa shape index (κ1) is 14.6. The monoisotopic (exact) mass is 267 g/mol. The molecule has 0 spiro atoms. The summed E-state index contributed by atoms with van der Waals surface area (Å²) in [5.41, 5.74) is 1.23. The number of rotatable bonds is 5. The van der Waals surface area contributed by atoms with Gasteiger partial charge in [0.15, 0.2) is 0 Å². The third-order valence-corrected chi connectivity index (χ3v) is 3.26. The minimum absolute atomic E-state index is 0.0889. The molecule has 2 rings (SSSR count). The van der Waals surface area contributed by atoms with Crippen LogP contribution in [0, 0.1) is 0 Å². The molecule has 4 nitrogen and oxygen atoms in total. The van der Waals surface area contributed by atoms with Crippen LogP contribution in [0.5, 0.6) is 0 Å². The Morgan fingerprint density at radius 3 is 2.74 bits per heavy atom. The highest BCUT2D eigenvalue weighted by molar-refractivity contribution is 5.16. The quantitative estimate of drug-likeness (QED) is 0.891. The van der Waals surface area contributed by atoms with Gasteiger partial charge >= 0.3 is 0 Å². The maximum atomic E-state index is 5.93. The average Bonchev–Trinajstić information content (AvgIpc) is 2.82. The predicted molar refractivity (Wildman–Crippen MR) is 73.9 cm³/mol. The van der Waals surface area contributed by atoms with E-state index in [1.165, 1.54) is 0 Å². The van der Waals surface area contributed by atoms with Gasteiger partial charge in [-0.3, -0.25) is 0 Å². The first-order valence-corrected chi connectivity index (χ1v) is 7.04. The molecule has 0 aromatic carbocycles. The van der Waals surface area contributed by atoms with Crippen molar-refractivity contribution in [1.29, 1.82) is 0 Å². The van der Waals surface area contributed by atoms with Crippen LogP contribution in [-0.2, 0) is 22.6 Å². The smallest absolute Gasteiger partial charge is 0.123 e. The van der Waals surface area contributed by atoms with Crippen LogP contribution in [0.3, 0.4) is 0 Å². The van der Waals surface area contributed by atoms with Crippen molar-refractivity contribution in [3.05, 3.63) is 23.7 Å². The van der Waals surface area contributed by atoms with Crippen LogP contribution in [0.4, 0.5) is 0 Å². The lowest BCUT2D eigenvalue weighted by Gasteiger charge is -2.23. The fraction of sp³-hybridized carbons (Fsp3) is 0.733. The van der Waals surface area contributed by atoms with E-state index in [1.54, 1.807) is 6.26 Å². The summed E-state index contributed by atoms with van der Waals surface area (Å²) < 4.78 is 16.8. The molecule has 19 heavy (non-hydrogen) atoms. The Bertz CT molecular complexity index is 375. The molecule has 0 unspecified atom stereocenters. The molecule has 108 valence electrons. The van der Waals surface area contributed by atoms with Crippen LogP contribution < -0.4 is 5.32 Å². The summed E-state index contributed by atoms with van der Waals surface area (Å²) in [6.07, 6.45) is 4.05. The van der Waals surface area contributed by atoms with Crippen molar-refractivity contribution in [1.82, 2.24) is 5.32 Å². The molecule has 0 atom stereocenters. The molecule has 1 aromatic heterocycles. The Morgan fingerprint density at radius 1 is 1.32 bits per heavy atom. The fourth-order valence-corrected chi connectivity index (χ4v) is 2.05. The van der Waals surface area contributed by atoms with E-state index < -0.39 is 0 Å². The number of ether oxygens (including phenoxy) is 2. The fourth-order valence-electron chi connectivity index (χ4n) is 2.05. The van der Waals surface area contributed by atoms with Gasteiger partial charge in [-0.1, -0.05) is 0 Å². The molecular formula is C15H25NO3. The van der Waals surface area contributed by atoms with Gasteiger partial charge in [-0.15, -0.1) is 0 Å². The lowest BCUT2D eigenvalue weighted by atomic mass is 10.1. The van der Waals surface area contributed by atoms with Crippen molar-refractivity contribution in [2.24, 2.45) is 0 Å². The molecular weight excluding hydrogens is 242 g/mol. The third kappa shape index (κ3) is 4.97. The highest BCUT2D eigenvalue weighted by atomic mass is 16.5. The van der Waals surface area contributed by atoms with Crippen LogP contribution in [-0.4, -0.2) is 24.9 Å². The van der Waals surface area contributed by atoms with E-state index in [0.717, 1.165) is 43.9 Å². The molecule has 1 fully saturated rings.